The van der Waals surface area contributed by atoms with Gasteiger partial charge in [0.1, 0.15) is 0 Å². The monoisotopic (exact) mass is 604 g/mol. The van der Waals surface area contributed by atoms with Gasteiger partial charge in [0.05, 0.1) is 0 Å². The fourth-order valence-electron chi connectivity index (χ4n) is 6.33. The molecule has 0 bridgehead atoms. The molecule has 0 spiro atoms. The Hall–Kier alpha value is -3.26. The molecule has 0 fully saturated rings. The summed E-state index contributed by atoms with van der Waals surface area (Å²) in [6.45, 7) is 2.42. The summed E-state index contributed by atoms with van der Waals surface area (Å²) in [5.74, 6) is 0. The molecule has 7 rings (SSSR count). The Labute approximate surface area is 261 Å². The molecule has 0 nitrogen and oxygen atoms in total. The Bertz CT molecular complexity index is 1680. The van der Waals surface area contributed by atoms with E-state index in [2.05, 4.69) is 153 Å². The molecule has 0 unspecified atom stereocenters. The van der Waals surface area contributed by atoms with Crippen LogP contribution in [0.15, 0.2) is 149 Å². The van der Waals surface area contributed by atoms with Gasteiger partial charge in [-0.15, -0.1) is 0 Å². The third-order valence-corrected chi connectivity index (χ3v) is 13.5. The Kier molecular flexibility index (Phi) is 9.07. The van der Waals surface area contributed by atoms with Crippen LogP contribution in [-0.2, 0) is 17.4 Å². The van der Waals surface area contributed by atoms with Crippen molar-refractivity contribution in [2.45, 2.75) is 17.6 Å². The SMILES string of the molecule is C/[C](c1ccccc1)=[Ti+2](/[C]1=CC=CC1)[CH]1c2cc(-c3ccccc3)ccc2-c2ccc(-c3ccccc3)cc21.[Cl-].[Cl-]. The predicted molar refractivity (Wildman–Crippen MR) is 163 cm³/mol. The van der Waals surface area contributed by atoms with Crippen molar-refractivity contribution < 1.29 is 42.2 Å². The number of rotatable bonds is 5. The third kappa shape index (κ3) is 5.51. The molecule has 2 aliphatic rings. The molecule has 200 valence electrons. The van der Waals surface area contributed by atoms with E-state index in [9.17, 15) is 0 Å². The molecule has 5 aromatic carbocycles. The second-order valence-electron chi connectivity index (χ2n) is 10.5. The molecule has 0 heterocycles. The normalized spacial score (nSPS) is 13.4. The molecule has 0 atom stereocenters. The maximum Gasteiger partial charge on any atom is -1.00 e. The minimum absolute atomic E-state index is 0. The number of benzene rings is 5. The van der Waals surface area contributed by atoms with E-state index in [1.165, 1.54) is 50.1 Å². The maximum atomic E-state index is 2.51. The predicted octanol–water partition coefficient (Wildman–Crippen LogP) is 3.80. The zero-order valence-corrected chi connectivity index (χ0v) is 26.0. The number of hydrogen-bond acceptors (Lipinski definition) is 0. The van der Waals surface area contributed by atoms with E-state index in [4.69, 9.17) is 0 Å². The summed E-state index contributed by atoms with van der Waals surface area (Å²) in [7, 11) is 0. The molecule has 0 radical (unpaired) electrons. The van der Waals surface area contributed by atoms with Gasteiger partial charge < -0.3 is 24.8 Å². The standard InChI is InChI=1S/C25H17.C8H8.C5H5.2ClH.Ti/c1-3-7-18(8-4-1)20-11-13-24-22(15-20)17-23-16-21(12-14-25(23)24)19-9-5-2-6-10-19;1-2-8-6-4-3-5-7-8;1-2-4-5-3-1;;;/h1-17H;3-7H,1H3;1-3H,4H2;2*1H;/q;;;;;+2/p-2. The molecular formula is C38H30Cl2Ti. The number of fused-ring (bicyclic) bond motifs is 3. The van der Waals surface area contributed by atoms with Crippen LogP contribution in [0.3, 0.4) is 0 Å². The van der Waals surface area contributed by atoms with Crippen LogP contribution in [0.4, 0.5) is 0 Å². The van der Waals surface area contributed by atoms with Crippen molar-refractivity contribution in [2.75, 3.05) is 0 Å². The second-order valence-corrected chi connectivity index (χ2v) is 14.9. The summed E-state index contributed by atoms with van der Waals surface area (Å²) in [4.78, 5) is 0. The van der Waals surface area contributed by atoms with Gasteiger partial charge in [0.15, 0.2) is 0 Å². The van der Waals surface area contributed by atoms with Crippen molar-refractivity contribution in [1.29, 1.82) is 0 Å². The second kappa shape index (κ2) is 12.7. The Balaban J connectivity index is 0.00000169. The van der Waals surface area contributed by atoms with Crippen molar-refractivity contribution in [3.8, 4) is 33.4 Å². The molecule has 0 aliphatic heterocycles. The number of halogens is 2. The quantitative estimate of drug-likeness (QED) is 0.268. The summed E-state index contributed by atoms with van der Waals surface area (Å²) in [5.41, 5.74) is 12.4. The zero-order chi connectivity index (χ0) is 26.2. The van der Waals surface area contributed by atoms with Crippen LogP contribution in [0.25, 0.3) is 33.4 Å². The molecule has 0 saturated heterocycles. The van der Waals surface area contributed by atoms with Crippen LogP contribution in [0, 0.1) is 0 Å². The molecule has 0 N–H and O–H groups in total. The molecule has 0 saturated carbocycles. The van der Waals surface area contributed by atoms with E-state index in [1.807, 2.05) is 0 Å². The fraction of sp³-hybridized carbons (Fsp3) is 0.0789. The molecule has 3 heteroatoms. The molecule has 0 aromatic heterocycles. The van der Waals surface area contributed by atoms with Crippen LogP contribution in [0.1, 0.15) is 34.3 Å². The first-order valence-corrected chi connectivity index (χ1v) is 16.3. The van der Waals surface area contributed by atoms with E-state index in [0.29, 0.717) is 4.22 Å². The molecule has 2 aliphatic carbocycles. The van der Waals surface area contributed by atoms with Gasteiger partial charge >= 0.3 is 238 Å². The molecular weight excluding hydrogens is 575 g/mol. The van der Waals surface area contributed by atoms with Crippen LogP contribution in [-0.4, -0.2) is 3.81 Å². The minimum atomic E-state index is -2.03. The van der Waals surface area contributed by atoms with Gasteiger partial charge in [0, 0.05) is 0 Å². The maximum absolute atomic E-state index is 2.51. The average Bonchev–Trinajstić information content (AvgIpc) is 3.65. The van der Waals surface area contributed by atoms with E-state index in [1.54, 1.807) is 7.69 Å². The topological polar surface area (TPSA) is 0 Å². The zero-order valence-electron chi connectivity index (χ0n) is 22.9. The first kappa shape index (κ1) is 29.2. The van der Waals surface area contributed by atoms with Crippen LogP contribution < -0.4 is 24.8 Å². The van der Waals surface area contributed by atoms with Crippen LogP contribution >= 0.6 is 0 Å². The summed E-state index contributed by atoms with van der Waals surface area (Å²) < 4.78 is 3.67. The van der Waals surface area contributed by atoms with Crippen molar-refractivity contribution >= 4 is 3.81 Å². The van der Waals surface area contributed by atoms with Gasteiger partial charge in [-0.25, -0.2) is 0 Å². The molecule has 0 amide bonds. The first-order chi connectivity index (χ1) is 19.3. The molecule has 41 heavy (non-hydrogen) atoms. The third-order valence-electron chi connectivity index (χ3n) is 8.25. The summed E-state index contributed by atoms with van der Waals surface area (Å²) in [5, 5.41) is 0. The van der Waals surface area contributed by atoms with Gasteiger partial charge in [-0.3, -0.25) is 0 Å². The smallest absolute Gasteiger partial charge is 1.00 e. The number of hydrogen-bond donors (Lipinski definition) is 0. The summed E-state index contributed by atoms with van der Waals surface area (Å²) in [6, 6.07) is 47.2. The van der Waals surface area contributed by atoms with Gasteiger partial charge in [-0.1, -0.05) is 0 Å². The average molecular weight is 605 g/mol. The number of allylic oxidation sites excluding steroid dienone is 4. The van der Waals surface area contributed by atoms with E-state index >= 15 is 0 Å². The van der Waals surface area contributed by atoms with E-state index in [0.717, 1.165) is 6.42 Å². The Morgan fingerprint density at radius 1 is 0.585 bits per heavy atom. The van der Waals surface area contributed by atoms with Gasteiger partial charge in [0.25, 0.3) is 0 Å². The summed E-state index contributed by atoms with van der Waals surface area (Å²) in [6.07, 6.45) is 8.13. The van der Waals surface area contributed by atoms with Crippen molar-refractivity contribution in [2.24, 2.45) is 0 Å². The van der Waals surface area contributed by atoms with Gasteiger partial charge in [0.2, 0.25) is 0 Å². The van der Waals surface area contributed by atoms with E-state index < -0.39 is 17.4 Å². The van der Waals surface area contributed by atoms with Gasteiger partial charge in [-0.2, -0.15) is 0 Å². The fourth-order valence-corrected chi connectivity index (χ4v) is 11.8. The van der Waals surface area contributed by atoms with Crippen molar-refractivity contribution in [3.63, 3.8) is 0 Å². The minimum Gasteiger partial charge on any atom is -1.00 e. The summed E-state index contributed by atoms with van der Waals surface area (Å²) >= 11 is -2.03. The van der Waals surface area contributed by atoms with Gasteiger partial charge in [-0.05, 0) is 0 Å². The van der Waals surface area contributed by atoms with Crippen LogP contribution in [0.5, 0.6) is 0 Å². The van der Waals surface area contributed by atoms with E-state index in [-0.39, 0.29) is 24.8 Å². The van der Waals surface area contributed by atoms with Crippen LogP contribution in [0.2, 0.25) is 0 Å². The largest absolute Gasteiger partial charge is 1.00 e. The first-order valence-electron chi connectivity index (χ1n) is 13.8. The Morgan fingerprint density at radius 2 is 1.07 bits per heavy atom. The molecule has 5 aromatic rings. The van der Waals surface area contributed by atoms with Crippen molar-refractivity contribution in [1.82, 2.24) is 0 Å². The van der Waals surface area contributed by atoms with Crippen molar-refractivity contribution in [3.05, 3.63) is 166 Å². The Morgan fingerprint density at radius 3 is 1.54 bits per heavy atom.